The van der Waals surface area contributed by atoms with E-state index >= 15 is 0 Å². The summed E-state index contributed by atoms with van der Waals surface area (Å²) in [5.74, 6) is -0.796. The second-order valence-electron chi connectivity index (χ2n) is 11.5. The zero-order valence-electron chi connectivity index (χ0n) is 31.0. The number of aryl methyl sites for hydroxylation is 3. The number of rotatable bonds is 9. The highest BCUT2D eigenvalue weighted by molar-refractivity contribution is 9.09. The van der Waals surface area contributed by atoms with E-state index in [1.165, 1.54) is 30.3 Å². The van der Waals surface area contributed by atoms with Crippen LogP contribution < -0.4 is 26.4 Å². The number of aliphatic carboxylic acids is 1. The van der Waals surface area contributed by atoms with Crippen LogP contribution in [0.5, 0.6) is 17.2 Å². The third-order valence-electron chi connectivity index (χ3n) is 7.22. The number of phenols is 1. The molecule has 16 heteroatoms. The fourth-order valence-corrected chi connectivity index (χ4v) is 4.96. The highest BCUT2D eigenvalue weighted by Gasteiger charge is 2.08. The Balaban J connectivity index is 0. The topological polar surface area (TPSA) is 219 Å². The molecule has 0 unspecified atom stereocenters. The molecule has 6 rings (SSSR count). The Hall–Kier alpha value is -6.42. The summed E-state index contributed by atoms with van der Waals surface area (Å²) in [4.78, 5) is 65.1. The van der Waals surface area contributed by atoms with Crippen LogP contribution in [0.4, 0.5) is 0 Å². The van der Waals surface area contributed by atoms with Gasteiger partial charge < -0.3 is 42.4 Å². The molecule has 6 aromatic rings. The fourth-order valence-electron chi connectivity index (χ4n) is 4.79. The molecule has 0 spiro atoms. The van der Waals surface area contributed by atoms with Crippen molar-refractivity contribution in [3.05, 3.63) is 121 Å². The Morgan fingerprint density at radius 1 is 0.567 bits per heavy atom. The largest absolute Gasteiger partial charge is 0.508 e. The number of fused-ring (bicyclic) bond motifs is 3. The minimum absolute atomic E-state index is 0. The second-order valence-corrected chi connectivity index (χ2v) is 12.0. The summed E-state index contributed by atoms with van der Waals surface area (Å²) in [6.45, 7) is 9.15. The Labute approximate surface area is 356 Å². The van der Waals surface area contributed by atoms with E-state index in [4.69, 9.17) is 37.7 Å². The summed E-state index contributed by atoms with van der Waals surface area (Å²) in [6.07, 6.45) is 0. The molecule has 2 N–H and O–H groups in total. The fraction of sp³-hybridized carbons (Fsp3) is 0.318. The van der Waals surface area contributed by atoms with Gasteiger partial charge in [0.25, 0.3) is 0 Å². The van der Waals surface area contributed by atoms with Gasteiger partial charge in [-0.1, -0.05) is 45.6 Å². The molecule has 328 valence electrons. The van der Waals surface area contributed by atoms with Gasteiger partial charge in [-0.2, -0.15) is 0 Å². The van der Waals surface area contributed by atoms with E-state index in [-0.39, 0.29) is 48.0 Å². The molecular weight excluding hydrogens is 848 g/mol. The lowest BCUT2D eigenvalue weighted by atomic mass is 10.1. The van der Waals surface area contributed by atoms with Crippen molar-refractivity contribution in [1.82, 2.24) is 0 Å². The zero-order valence-corrected chi connectivity index (χ0v) is 32.6. The highest BCUT2D eigenvalue weighted by atomic mass is 79.9. The molecule has 0 atom stereocenters. The van der Waals surface area contributed by atoms with Crippen molar-refractivity contribution in [2.75, 3.05) is 31.8 Å². The van der Waals surface area contributed by atoms with Crippen LogP contribution in [-0.2, 0) is 23.9 Å². The Kier molecular flexibility index (Phi) is 25.3. The standard InChI is InChI=1S/C14H14O5.C12H10O5.C10H8O3.C4H7BrO2.4CH4/c1-3-17-14(16)8-18-10-4-5-11-9(2)6-13(15)19-12(11)7-10;1-7-4-12(15)17-10-5-8(2-3-9(7)10)16-6-11(13)14;1-6-4-10(12)13-9-5-7(11)2-3-8(6)9;1-2-7-4(6)3-5;;;;/h4-7H,3,8H2,1-2H3;2-5H,6H2,1H3,(H,13,14);2-5,11H,1H3;2-3H2,1H3;4*1H4. The smallest absolute Gasteiger partial charge is 0.344 e. The maximum atomic E-state index is 11.3. The number of hydrogen-bond acceptors (Lipinski definition) is 14. The summed E-state index contributed by atoms with van der Waals surface area (Å²) in [6, 6.07) is 18.9. The van der Waals surface area contributed by atoms with Crippen molar-refractivity contribution in [3.63, 3.8) is 0 Å². The van der Waals surface area contributed by atoms with E-state index in [1.807, 2.05) is 13.8 Å². The van der Waals surface area contributed by atoms with Crippen molar-refractivity contribution < 1.29 is 56.8 Å². The van der Waals surface area contributed by atoms with E-state index in [0.29, 0.717) is 46.8 Å². The van der Waals surface area contributed by atoms with Crippen LogP contribution in [0.2, 0.25) is 0 Å². The molecule has 0 radical (unpaired) electrons. The molecule has 0 aliphatic carbocycles. The molecular formula is C44H55BrO15. The molecule has 3 aromatic carbocycles. The summed E-state index contributed by atoms with van der Waals surface area (Å²) in [5, 5.41) is 20.4. The summed E-state index contributed by atoms with van der Waals surface area (Å²) in [7, 11) is 0. The average molecular weight is 904 g/mol. The predicted molar refractivity (Wildman–Crippen MR) is 236 cm³/mol. The first-order chi connectivity index (χ1) is 26.6. The molecule has 0 fully saturated rings. The number of esters is 2. The van der Waals surface area contributed by atoms with Crippen LogP contribution in [-0.4, -0.2) is 59.9 Å². The number of hydrogen-bond donors (Lipinski definition) is 2. The molecule has 0 saturated carbocycles. The summed E-state index contributed by atoms with van der Waals surface area (Å²) < 4.78 is 34.5. The lowest BCUT2D eigenvalue weighted by molar-refractivity contribution is -0.145. The molecule has 3 heterocycles. The van der Waals surface area contributed by atoms with E-state index in [2.05, 4.69) is 20.7 Å². The minimum atomic E-state index is -1.06. The van der Waals surface area contributed by atoms with Gasteiger partial charge in [-0.25, -0.2) is 24.0 Å². The van der Waals surface area contributed by atoms with E-state index in [9.17, 15) is 28.8 Å². The summed E-state index contributed by atoms with van der Waals surface area (Å²) in [5.41, 5.74) is 2.50. The predicted octanol–water partition coefficient (Wildman–Crippen LogP) is 8.90. The number of alkyl halides is 1. The summed E-state index contributed by atoms with van der Waals surface area (Å²) >= 11 is 2.94. The van der Waals surface area contributed by atoms with Crippen LogP contribution in [0.1, 0.15) is 60.2 Å². The van der Waals surface area contributed by atoms with Gasteiger partial charge in [0.1, 0.15) is 39.3 Å². The third kappa shape index (κ3) is 17.6. The first kappa shape index (κ1) is 55.7. The normalized spacial score (nSPS) is 9.50. The van der Waals surface area contributed by atoms with Crippen molar-refractivity contribution in [2.45, 2.75) is 64.3 Å². The van der Waals surface area contributed by atoms with Crippen molar-refractivity contribution in [2.24, 2.45) is 0 Å². The van der Waals surface area contributed by atoms with Crippen LogP contribution in [0.25, 0.3) is 32.9 Å². The zero-order chi connectivity index (χ0) is 41.4. The monoisotopic (exact) mass is 902 g/mol. The molecule has 0 amide bonds. The first-order valence-corrected chi connectivity index (χ1v) is 17.9. The number of aromatic hydroxyl groups is 1. The second kappa shape index (κ2) is 27.3. The van der Waals surface area contributed by atoms with Gasteiger partial charge in [-0.15, -0.1) is 0 Å². The Bertz CT molecular complexity index is 2480. The molecule has 3 aromatic heterocycles. The number of ether oxygens (including phenoxy) is 4. The molecule has 0 bridgehead atoms. The Morgan fingerprint density at radius 2 is 0.933 bits per heavy atom. The maximum Gasteiger partial charge on any atom is 0.344 e. The quantitative estimate of drug-likeness (QED) is 0.0786. The average Bonchev–Trinajstić information content (AvgIpc) is 3.13. The van der Waals surface area contributed by atoms with E-state index in [1.54, 1.807) is 63.2 Å². The van der Waals surface area contributed by atoms with Gasteiger partial charge in [-0.3, -0.25) is 4.79 Å². The molecule has 15 nitrogen and oxygen atoms in total. The van der Waals surface area contributed by atoms with Gasteiger partial charge in [0.15, 0.2) is 13.2 Å². The SMILES string of the molecule is C.C.C.C.CCOC(=O)CBr.CCOC(=O)COc1ccc2c(C)cc(=O)oc2c1.Cc1cc(=O)oc2cc(O)ccc12.Cc1cc(=O)oc2cc(OCC(=O)O)ccc12. The number of benzene rings is 3. The highest BCUT2D eigenvalue weighted by Crippen LogP contribution is 2.24. The lowest BCUT2D eigenvalue weighted by Crippen LogP contribution is -2.14. The molecule has 0 saturated heterocycles. The number of halogens is 1. The number of phenolic OH excluding ortho intramolecular Hbond substituents is 1. The Morgan fingerprint density at radius 3 is 1.30 bits per heavy atom. The van der Waals surface area contributed by atoms with Gasteiger partial charge in [0, 0.05) is 52.6 Å². The van der Waals surface area contributed by atoms with Crippen molar-refractivity contribution in [3.8, 4) is 17.2 Å². The van der Waals surface area contributed by atoms with Crippen LogP contribution in [0, 0.1) is 20.8 Å². The van der Waals surface area contributed by atoms with Gasteiger partial charge in [-0.05, 0) is 87.7 Å². The lowest BCUT2D eigenvalue weighted by Gasteiger charge is -2.07. The maximum absolute atomic E-state index is 11.3. The van der Waals surface area contributed by atoms with Crippen molar-refractivity contribution in [1.29, 1.82) is 0 Å². The third-order valence-corrected chi connectivity index (χ3v) is 7.68. The first-order valence-electron chi connectivity index (χ1n) is 16.8. The molecule has 0 aliphatic rings. The number of carbonyl (C=O) groups is 3. The number of carbonyl (C=O) groups excluding carboxylic acids is 2. The van der Waals surface area contributed by atoms with Gasteiger partial charge >= 0.3 is 34.8 Å². The van der Waals surface area contributed by atoms with E-state index < -0.39 is 35.4 Å². The van der Waals surface area contributed by atoms with Gasteiger partial charge in [0.05, 0.1) is 13.2 Å². The van der Waals surface area contributed by atoms with Gasteiger partial charge in [0.2, 0.25) is 0 Å². The number of carboxylic acids is 1. The van der Waals surface area contributed by atoms with Crippen LogP contribution in [0.15, 0.2) is 100 Å². The van der Waals surface area contributed by atoms with E-state index in [0.717, 1.165) is 32.8 Å². The van der Waals surface area contributed by atoms with Crippen molar-refractivity contribution >= 4 is 66.7 Å². The minimum Gasteiger partial charge on any atom is -0.508 e. The molecule has 60 heavy (non-hydrogen) atoms. The molecule has 0 aliphatic heterocycles. The number of carboxylic acid groups (broad SMARTS) is 1. The van der Waals surface area contributed by atoms with Crippen LogP contribution >= 0.6 is 15.9 Å². The van der Waals surface area contributed by atoms with Crippen LogP contribution in [0.3, 0.4) is 0 Å².